The normalized spacial score (nSPS) is 10.2. The van der Waals surface area contributed by atoms with Crippen LogP contribution in [0.25, 0.3) is 0 Å². The standard InChI is InChI=1S/C13H13N3O3/c1-7-2-3-9(14)10(4-7)16-13(19)8-6-15-12(18)5-11(8)17/h2-6H,14H2,1H3,(H,16,19)(H2,15,17,18). The fourth-order valence-corrected chi connectivity index (χ4v) is 1.61. The molecular weight excluding hydrogens is 246 g/mol. The number of rotatable bonds is 2. The second-order valence-electron chi connectivity index (χ2n) is 4.14. The van der Waals surface area contributed by atoms with Crippen LogP contribution in [0.3, 0.4) is 0 Å². The number of benzene rings is 1. The lowest BCUT2D eigenvalue weighted by Crippen LogP contribution is -2.16. The van der Waals surface area contributed by atoms with Gasteiger partial charge in [0.2, 0.25) is 0 Å². The van der Waals surface area contributed by atoms with Crippen LogP contribution in [0.15, 0.2) is 35.3 Å². The number of carbonyl (C=O) groups is 1. The van der Waals surface area contributed by atoms with Crippen molar-refractivity contribution in [3.8, 4) is 5.75 Å². The van der Waals surface area contributed by atoms with Crippen molar-refractivity contribution in [1.82, 2.24) is 4.98 Å². The van der Waals surface area contributed by atoms with Crippen molar-refractivity contribution in [3.63, 3.8) is 0 Å². The SMILES string of the molecule is Cc1ccc(N)c(NC(=O)c2c[nH]c(=O)cc2O)c1. The largest absolute Gasteiger partial charge is 0.507 e. The number of aryl methyl sites for hydroxylation is 1. The second kappa shape index (κ2) is 4.85. The Bertz CT molecular complexity index is 692. The van der Waals surface area contributed by atoms with E-state index in [0.717, 1.165) is 17.8 Å². The van der Waals surface area contributed by atoms with E-state index in [1.807, 2.05) is 13.0 Å². The average Bonchev–Trinajstić information content (AvgIpc) is 2.33. The zero-order chi connectivity index (χ0) is 14.0. The molecule has 0 spiro atoms. The van der Waals surface area contributed by atoms with Crippen molar-refractivity contribution in [2.75, 3.05) is 11.1 Å². The highest BCUT2D eigenvalue weighted by molar-refractivity contribution is 6.07. The van der Waals surface area contributed by atoms with E-state index in [4.69, 9.17) is 5.73 Å². The molecule has 0 aliphatic rings. The van der Waals surface area contributed by atoms with Gasteiger partial charge < -0.3 is 21.1 Å². The van der Waals surface area contributed by atoms with E-state index in [1.54, 1.807) is 12.1 Å². The topological polar surface area (TPSA) is 108 Å². The highest BCUT2D eigenvalue weighted by Gasteiger charge is 2.13. The van der Waals surface area contributed by atoms with E-state index in [0.29, 0.717) is 11.4 Å². The predicted molar refractivity (Wildman–Crippen MR) is 72.3 cm³/mol. The zero-order valence-corrected chi connectivity index (χ0v) is 10.2. The van der Waals surface area contributed by atoms with E-state index in [1.165, 1.54) is 0 Å². The monoisotopic (exact) mass is 259 g/mol. The quantitative estimate of drug-likeness (QED) is 0.608. The molecule has 1 heterocycles. The number of hydrogen-bond acceptors (Lipinski definition) is 4. The van der Waals surface area contributed by atoms with Gasteiger partial charge in [-0.25, -0.2) is 0 Å². The molecule has 0 bridgehead atoms. The molecule has 98 valence electrons. The molecule has 0 aliphatic carbocycles. The van der Waals surface area contributed by atoms with Gasteiger partial charge in [-0.1, -0.05) is 6.07 Å². The van der Waals surface area contributed by atoms with Crippen LogP contribution in [0.5, 0.6) is 5.75 Å². The van der Waals surface area contributed by atoms with Crippen LogP contribution >= 0.6 is 0 Å². The van der Waals surface area contributed by atoms with Crippen molar-refractivity contribution >= 4 is 17.3 Å². The van der Waals surface area contributed by atoms with Crippen LogP contribution in [0.1, 0.15) is 15.9 Å². The first-order chi connectivity index (χ1) is 8.97. The Hall–Kier alpha value is -2.76. The molecule has 0 fully saturated rings. The number of nitrogen functional groups attached to an aromatic ring is 1. The van der Waals surface area contributed by atoms with Crippen LogP contribution in [-0.4, -0.2) is 16.0 Å². The number of hydrogen-bond donors (Lipinski definition) is 4. The molecule has 1 amide bonds. The molecule has 1 aromatic carbocycles. The number of H-pyrrole nitrogens is 1. The highest BCUT2D eigenvalue weighted by atomic mass is 16.3. The first-order valence-electron chi connectivity index (χ1n) is 5.56. The molecule has 1 aromatic heterocycles. The van der Waals surface area contributed by atoms with Gasteiger partial charge in [-0.05, 0) is 24.6 Å². The summed E-state index contributed by atoms with van der Waals surface area (Å²) in [4.78, 5) is 25.2. The lowest BCUT2D eigenvalue weighted by atomic mass is 10.1. The molecule has 19 heavy (non-hydrogen) atoms. The lowest BCUT2D eigenvalue weighted by molar-refractivity contribution is 0.102. The highest BCUT2D eigenvalue weighted by Crippen LogP contribution is 2.21. The third-order valence-corrected chi connectivity index (χ3v) is 2.60. The number of anilines is 2. The number of aromatic nitrogens is 1. The lowest BCUT2D eigenvalue weighted by Gasteiger charge is -2.09. The van der Waals surface area contributed by atoms with Crippen molar-refractivity contribution in [2.24, 2.45) is 0 Å². The summed E-state index contributed by atoms with van der Waals surface area (Å²) < 4.78 is 0. The fourth-order valence-electron chi connectivity index (χ4n) is 1.61. The Morgan fingerprint density at radius 1 is 1.37 bits per heavy atom. The maximum Gasteiger partial charge on any atom is 0.260 e. The molecule has 6 heteroatoms. The maximum absolute atomic E-state index is 12.0. The van der Waals surface area contributed by atoms with Gasteiger partial charge in [-0.3, -0.25) is 9.59 Å². The predicted octanol–water partition coefficient (Wildman–Crippen LogP) is 1.22. The number of nitrogens with two attached hydrogens (primary N) is 1. The van der Waals surface area contributed by atoms with Crippen molar-refractivity contribution in [1.29, 1.82) is 0 Å². The fraction of sp³-hybridized carbons (Fsp3) is 0.0769. The second-order valence-corrected chi connectivity index (χ2v) is 4.14. The molecule has 0 aliphatic heterocycles. The smallest absolute Gasteiger partial charge is 0.260 e. The van der Waals surface area contributed by atoms with Crippen LogP contribution in [0.2, 0.25) is 0 Å². The third-order valence-electron chi connectivity index (χ3n) is 2.60. The van der Waals surface area contributed by atoms with E-state index in [-0.39, 0.29) is 11.3 Å². The molecule has 0 radical (unpaired) electrons. The van der Waals surface area contributed by atoms with E-state index in [2.05, 4.69) is 10.3 Å². The Labute approximate surface area is 108 Å². The zero-order valence-electron chi connectivity index (χ0n) is 10.2. The molecule has 6 nitrogen and oxygen atoms in total. The first kappa shape index (κ1) is 12.7. The molecule has 5 N–H and O–H groups in total. The summed E-state index contributed by atoms with van der Waals surface area (Å²) in [6, 6.07) is 6.16. The Morgan fingerprint density at radius 2 is 2.11 bits per heavy atom. The Kier molecular flexibility index (Phi) is 3.24. The summed E-state index contributed by atoms with van der Waals surface area (Å²) in [7, 11) is 0. The number of nitrogens with one attached hydrogen (secondary N) is 2. The van der Waals surface area contributed by atoms with Gasteiger partial charge in [-0.2, -0.15) is 0 Å². The van der Waals surface area contributed by atoms with E-state index >= 15 is 0 Å². The summed E-state index contributed by atoms with van der Waals surface area (Å²) in [6.45, 7) is 1.87. The Morgan fingerprint density at radius 3 is 2.79 bits per heavy atom. The van der Waals surface area contributed by atoms with Crippen LogP contribution in [0, 0.1) is 6.92 Å². The molecule has 0 atom stereocenters. The number of carbonyl (C=O) groups excluding carboxylic acids is 1. The minimum atomic E-state index is -0.550. The van der Waals surface area contributed by atoms with Crippen molar-refractivity contribution < 1.29 is 9.90 Å². The minimum absolute atomic E-state index is 0.0273. The van der Waals surface area contributed by atoms with Crippen LogP contribution < -0.4 is 16.6 Å². The third kappa shape index (κ3) is 2.74. The van der Waals surface area contributed by atoms with E-state index in [9.17, 15) is 14.7 Å². The summed E-state index contributed by atoms with van der Waals surface area (Å²) in [5.41, 5.74) is 7.05. The number of pyridine rings is 1. The minimum Gasteiger partial charge on any atom is -0.507 e. The number of amides is 1. The number of aromatic amines is 1. The van der Waals surface area contributed by atoms with Gasteiger partial charge in [0.15, 0.2) is 0 Å². The summed E-state index contributed by atoms with van der Waals surface area (Å²) in [6.07, 6.45) is 1.15. The van der Waals surface area contributed by atoms with E-state index < -0.39 is 11.5 Å². The van der Waals surface area contributed by atoms with Gasteiger partial charge >= 0.3 is 0 Å². The molecule has 2 rings (SSSR count). The van der Waals surface area contributed by atoms with Gasteiger partial charge in [0.05, 0.1) is 16.9 Å². The number of aromatic hydroxyl groups is 1. The average molecular weight is 259 g/mol. The molecule has 2 aromatic rings. The summed E-state index contributed by atoms with van der Waals surface area (Å²) >= 11 is 0. The van der Waals surface area contributed by atoms with Gasteiger partial charge in [0.1, 0.15) is 5.75 Å². The maximum atomic E-state index is 12.0. The molecular formula is C13H13N3O3. The van der Waals surface area contributed by atoms with Crippen molar-refractivity contribution in [2.45, 2.75) is 6.92 Å². The summed E-state index contributed by atoms with van der Waals surface area (Å²) in [5.74, 6) is -0.932. The van der Waals surface area contributed by atoms with Crippen molar-refractivity contribution in [3.05, 3.63) is 51.9 Å². The van der Waals surface area contributed by atoms with Gasteiger partial charge in [-0.15, -0.1) is 0 Å². The Balaban J connectivity index is 2.30. The molecule has 0 saturated heterocycles. The molecule has 0 saturated carbocycles. The summed E-state index contributed by atoms with van der Waals surface area (Å²) in [5, 5.41) is 12.1. The van der Waals surface area contributed by atoms with Crippen LogP contribution in [0.4, 0.5) is 11.4 Å². The van der Waals surface area contributed by atoms with Gasteiger partial charge in [0.25, 0.3) is 11.5 Å². The van der Waals surface area contributed by atoms with Crippen LogP contribution in [-0.2, 0) is 0 Å². The van der Waals surface area contributed by atoms with Gasteiger partial charge in [0, 0.05) is 12.3 Å². The molecule has 0 unspecified atom stereocenters. The first-order valence-corrected chi connectivity index (χ1v) is 5.56.